The Morgan fingerprint density at radius 2 is 1.84 bits per heavy atom. The van der Waals surface area contributed by atoms with E-state index < -0.39 is 27.5 Å². The van der Waals surface area contributed by atoms with E-state index in [1.54, 1.807) is 24.3 Å². The van der Waals surface area contributed by atoms with Crippen molar-refractivity contribution in [1.29, 1.82) is 5.26 Å². The SMILES string of the molecule is [B]c1cc(S(=O)(=O)Nc2ccc(C(F)(F)F)c(O)c2)cnc1Nc1cccc(C#N)c1. The number of sulfonamides is 1. The van der Waals surface area contributed by atoms with Crippen molar-refractivity contribution in [2.75, 3.05) is 10.0 Å². The van der Waals surface area contributed by atoms with Crippen LogP contribution in [0.2, 0.25) is 0 Å². The van der Waals surface area contributed by atoms with E-state index in [9.17, 15) is 26.7 Å². The minimum Gasteiger partial charge on any atom is -0.507 e. The monoisotopic (exact) mass is 444 g/mol. The fourth-order valence-corrected chi connectivity index (χ4v) is 3.59. The first kappa shape index (κ1) is 22.0. The zero-order valence-electron chi connectivity index (χ0n) is 15.5. The van der Waals surface area contributed by atoms with Gasteiger partial charge in [-0.3, -0.25) is 4.72 Å². The van der Waals surface area contributed by atoms with Crippen molar-refractivity contribution in [1.82, 2.24) is 4.98 Å². The quantitative estimate of drug-likeness (QED) is 0.522. The minimum absolute atomic E-state index is 0.0273. The highest BCUT2D eigenvalue weighted by Crippen LogP contribution is 2.37. The van der Waals surface area contributed by atoms with E-state index in [2.05, 4.69) is 15.0 Å². The van der Waals surface area contributed by atoms with Gasteiger partial charge >= 0.3 is 6.18 Å². The molecule has 0 atom stereocenters. The third-order valence-corrected chi connectivity index (χ3v) is 5.36. The molecule has 0 aliphatic carbocycles. The van der Waals surface area contributed by atoms with E-state index in [4.69, 9.17) is 13.1 Å². The maximum atomic E-state index is 12.7. The number of nitriles is 1. The van der Waals surface area contributed by atoms with E-state index in [-0.39, 0.29) is 21.9 Å². The van der Waals surface area contributed by atoms with Gasteiger partial charge in [-0.05, 0) is 36.4 Å². The molecule has 0 fully saturated rings. The van der Waals surface area contributed by atoms with Crippen LogP contribution in [0.25, 0.3) is 0 Å². The third kappa shape index (κ3) is 5.07. The van der Waals surface area contributed by atoms with E-state index >= 15 is 0 Å². The number of phenolic OH excluding ortho intramolecular Hbond substituents is 1. The average Bonchev–Trinajstić information content (AvgIpc) is 2.68. The predicted molar refractivity (Wildman–Crippen MR) is 108 cm³/mol. The summed E-state index contributed by atoms with van der Waals surface area (Å²) in [6.45, 7) is 0. The second-order valence-corrected chi connectivity index (χ2v) is 7.94. The lowest BCUT2D eigenvalue weighted by Crippen LogP contribution is -2.19. The van der Waals surface area contributed by atoms with Crippen LogP contribution in [0.5, 0.6) is 5.75 Å². The van der Waals surface area contributed by atoms with Crippen LogP contribution >= 0.6 is 0 Å². The minimum atomic E-state index is -4.78. The van der Waals surface area contributed by atoms with Crippen molar-refractivity contribution in [2.24, 2.45) is 0 Å². The van der Waals surface area contributed by atoms with E-state index in [0.717, 1.165) is 18.3 Å². The van der Waals surface area contributed by atoms with Crippen molar-refractivity contribution in [3.8, 4) is 11.8 Å². The molecule has 0 bridgehead atoms. The van der Waals surface area contributed by atoms with Crippen LogP contribution in [0, 0.1) is 11.3 Å². The van der Waals surface area contributed by atoms with Gasteiger partial charge in [-0.15, -0.1) is 0 Å². The molecule has 3 N–H and O–H groups in total. The number of nitrogens with zero attached hydrogens (tertiary/aromatic N) is 2. The number of pyridine rings is 1. The van der Waals surface area contributed by atoms with Crippen LogP contribution < -0.4 is 15.5 Å². The maximum absolute atomic E-state index is 12.7. The Labute approximate surface area is 176 Å². The van der Waals surface area contributed by atoms with Crippen LogP contribution in [0.4, 0.5) is 30.4 Å². The molecule has 0 aliphatic heterocycles. The molecule has 156 valence electrons. The largest absolute Gasteiger partial charge is 0.507 e. The lowest BCUT2D eigenvalue weighted by Gasteiger charge is -2.14. The molecule has 0 aliphatic rings. The Balaban J connectivity index is 1.83. The number of halogens is 3. The van der Waals surface area contributed by atoms with E-state index in [1.165, 1.54) is 0 Å². The molecule has 3 aromatic rings. The molecule has 1 heterocycles. The fraction of sp³-hybridized carbons (Fsp3) is 0.0526. The summed E-state index contributed by atoms with van der Waals surface area (Å²) in [6, 6.07) is 11.6. The molecule has 31 heavy (non-hydrogen) atoms. The lowest BCUT2D eigenvalue weighted by atomic mass is 9.97. The van der Waals surface area contributed by atoms with Gasteiger partial charge in [-0.1, -0.05) is 11.5 Å². The Morgan fingerprint density at radius 1 is 1.10 bits per heavy atom. The van der Waals surface area contributed by atoms with E-state index in [0.29, 0.717) is 23.4 Å². The zero-order chi connectivity index (χ0) is 22.8. The summed E-state index contributed by atoms with van der Waals surface area (Å²) >= 11 is 0. The summed E-state index contributed by atoms with van der Waals surface area (Å²) < 4.78 is 65.3. The smallest absolute Gasteiger partial charge is 0.419 e. The Hall–Kier alpha value is -3.72. The summed E-state index contributed by atoms with van der Waals surface area (Å²) in [5.41, 5.74) is -0.698. The molecular formula is C19H12BF3N4O3S. The topological polar surface area (TPSA) is 115 Å². The standard InChI is InChI=1S/C19H12BF3N4O3S/c20-16-8-14(10-25-18(16)26-12-3-1-2-11(6-12)9-24)31(29,30)27-13-4-5-15(17(28)7-13)19(21,22)23/h1-8,10,27-28H,(H,25,26). The summed E-state index contributed by atoms with van der Waals surface area (Å²) in [5, 5.41) is 21.3. The highest BCUT2D eigenvalue weighted by molar-refractivity contribution is 7.92. The molecule has 0 spiro atoms. The fourth-order valence-electron chi connectivity index (χ4n) is 2.57. The number of phenols is 1. The summed E-state index contributed by atoms with van der Waals surface area (Å²) in [5.74, 6) is -0.981. The Bertz CT molecular complexity index is 1290. The molecule has 3 rings (SSSR count). The Morgan fingerprint density at radius 3 is 2.45 bits per heavy atom. The first-order chi connectivity index (χ1) is 14.5. The van der Waals surface area contributed by atoms with Crippen molar-refractivity contribution in [2.45, 2.75) is 11.1 Å². The molecule has 0 saturated heterocycles. The zero-order valence-corrected chi connectivity index (χ0v) is 16.3. The molecule has 12 heteroatoms. The molecule has 2 radical (unpaired) electrons. The number of hydrogen-bond acceptors (Lipinski definition) is 6. The van der Waals surface area contributed by atoms with Gasteiger partial charge in [0.05, 0.1) is 22.9 Å². The van der Waals surface area contributed by atoms with Gasteiger partial charge in [0, 0.05) is 18.0 Å². The third-order valence-electron chi connectivity index (χ3n) is 4.01. The number of alkyl halides is 3. The van der Waals surface area contributed by atoms with Crippen molar-refractivity contribution in [3.05, 3.63) is 65.9 Å². The highest BCUT2D eigenvalue weighted by atomic mass is 32.2. The van der Waals surface area contributed by atoms with Gasteiger partial charge in [0.25, 0.3) is 10.0 Å². The molecule has 2 aromatic carbocycles. The maximum Gasteiger partial charge on any atom is 0.419 e. The second kappa shape index (κ2) is 8.19. The van der Waals surface area contributed by atoms with Crippen molar-refractivity contribution < 1.29 is 26.7 Å². The number of nitrogens with one attached hydrogen (secondary N) is 2. The first-order valence-corrected chi connectivity index (χ1v) is 9.93. The van der Waals surface area contributed by atoms with Gasteiger partial charge in [-0.2, -0.15) is 18.4 Å². The molecule has 7 nitrogen and oxygen atoms in total. The molecule has 1 aromatic heterocycles. The predicted octanol–water partition coefficient (Wildman–Crippen LogP) is 3.02. The van der Waals surface area contributed by atoms with Gasteiger partial charge in [0.2, 0.25) is 0 Å². The summed E-state index contributed by atoms with van der Waals surface area (Å²) in [7, 11) is 1.62. The van der Waals surface area contributed by atoms with Crippen LogP contribution in [-0.4, -0.2) is 26.4 Å². The average molecular weight is 444 g/mol. The van der Waals surface area contributed by atoms with Gasteiger partial charge in [-0.25, -0.2) is 13.4 Å². The van der Waals surface area contributed by atoms with Crippen LogP contribution in [0.15, 0.2) is 59.6 Å². The second-order valence-electron chi connectivity index (χ2n) is 6.26. The van der Waals surface area contributed by atoms with Crippen molar-refractivity contribution in [3.63, 3.8) is 0 Å². The van der Waals surface area contributed by atoms with Gasteiger partial charge < -0.3 is 10.4 Å². The number of rotatable bonds is 5. The number of anilines is 3. The van der Waals surface area contributed by atoms with Gasteiger partial charge in [0.1, 0.15) is 24.3 Å². The molecular weight excluding hydrogens is 432 g/mol. The normalized spacial score (nSPS) is 11.5. The summed E-state index contributed by atoms with van der Waals surface area (Å²) in [6.07, 6.45) is -3.78. The number of hydrogen-bond donors (Lipinski definition) is 3. The van der Waals surface area contributed by atoms with Crippen LogP contribution in [0.1, 0.15) is 11.1 Å². The Kier molecular flexibility index (Phi) is 5.81. The lowest BCUT2D eigenvalue weighted by molar-refractivity contribution is -0.138. The molecule has 0 unspecified atom stereocenters. The highest BCUT2D eigenvalue weighted by Gasteiger charge is 2.34. The summed E-state index contributed by atoms with van der Waals surface area (Å²) in [4.78, 5) is 3.62. The number of aromatic hydroxyl groups is 1. The van der Waals surface area contributed by atoms with Crippen LogP contribution in [-0.2, 0) is 16.2 Å². The number of benzene rings is 2. The molecule has 0 saturated carbocycles. The van der Waals surface area contributed by atoms with E-state index in [1.807, 2.05) is 6.07 Å². The van der Waals surface area contributed by atoms with Crippen molar-refractivity contribution >= 4 is 40.5 Å². The molecule has 0 amide bonds. The van der Waals surface area contributed by atoms with Crippen LogP contribution in [0.3, 0.4) is 0 Å². The number of aromatic nitrogens is 1. The first-order valence-electron chi connectivity index (χ1n) is 8.45. The van der Waals surface area contributed by atoms with Gasteiger partial charge in [0.15, 0.2) is 0 Å².